The zero-order chi connectivity index (χ0) is 15.2. The van der Waals surface area contributed by atoms with Crippen LogP contribution in [0.1, 0.15) is 18.5 Å². The fourth-order valence-corrected chi connectivity index (χ4v) is 2.20. The van der Waals surface area contributed by atoms with E-state index in [4.69, 9.17) is 27.9 Å². The maximum Gasteiger partial charge on any atom is 0.258 e. The Labute approximate surface area is 133 Å². The number of ether oxygens (including phenoxy) is 1. The van der Waals surface area contributed by atoms with Crippen molar-refractivity contribution >= 4 is 29.1 Å². The molecule has 21 heavy (non-hydrogen) atoms. The quantitative estimate of drug-likeness (QED) is 0.913. The normalized spacial score (nSPS) is 11.8. The van der Waals surface area contributed by atoms with Gasteiger partial charge in [0.1, 0.15) is 5.75 Å². The number of pyridine rings is 1. The second-order valence-electron chi connectivity index (χ2n) is 4.44. The SMILES string of the molecule is CC(NC(=O)COc1ccc(Cl)cc1Cl)c1cccnc1. The van der Waals surface area contributed by atoms with Crippen molar-refractivity contribution in [3.63, 3.8) is 0 Å². The lowest BCUT2D eigenvalue weighted by atomic mass is 10.1. The number of halogens is 2. The second kappa shape index (κ2) is 7.29. The molecule has 110 valence electrons. The Morgan fingerprint density at radius 1 is 1.38 bits per heavy atom. The molecular weight excluding hydrogens is 311 g/mol. The molecular formula is C15H14Cl2N2O2. The van der Waals surface area contributed by atoms with Gasteiger partial charge in [-0.1, -0.05) is 29.3 Å². The van der Waals surface area contributed by atoms with Crippen molar-refractivity contribution < 1.29 is 9.53 Å². The third-order valence-corrected chi connectivity index (χ3v) is 3.35. The van der Waals surface area contributed by atoms with Crippen molar-refractivity contribution in [2.45, 2.75) is 13.0 Å². The van der Waals surface area contributed by atoms with Gasteiger partial charge in [-0.15, -0.1) is 0 Å². The standard InChI is InChI=1S/C15H14Cl2N2O2/c1-10(11-3-2-6-18-8-11)19-15(20)9-21-14-5-4-12(16)7-13(14)17/h2-8,10H,9H2,1H3,(H,19,20). The summed E-state index contributed by atoms with van der Waals surface area (Å²) in [5, 5.41) is 3.71. The average Bonchev–Trinajstić information content (AvgIpc) is 2.47. The minimum atomic E-state index is -0.239. The van der Waals surface area contributed by atoms with Crippen LogP contribution in [0.25, 0.3) is 0 Å². The van der Waals surface area contributed by atoms with Crippen LogP contribution >= 0.6 is 23.2 Å². The van der Waals surface area contributed by atoms with Gasteiger partial charge in [0.05, 0.1) is 11.1 Å². The molecule has 1 N–H and O–H groups in total. The summed E-state index contributed by atoms with van der Waals surface area (Å²) in [6.45, 7) is 1.76. The molecule has 1 amide bonds. The van der Waals surface area contributed by atoms with Gasteiger partial charge >= 0.3 is 0 Å². The third-order valence-electron chi connectivity index (χ3n) is 2.81. The first-order valence-electron chi connectivity index (χ1n) is 6.33. The topological polar surface area (TPSA) is 51.2 Å². The van der Waals surface area contributed by atoms with E-state index in [1.54, 1.807) is 30.6 Å². The zero-order valence-electron chi connectivity index (χ0n) is 11.3. The van der Waals surface area contributed by atoms with Crippen molar-refractivity contribution in [3.05, 3.63) is 58.3 Å². The van der Waals surface area contributed by atoms with Gasteiger partial charge in [0.15, 0.2) is 6.61 Å². The number of carbonyl (C=O) groups excluding carboxylic acids is 1. The molecule has 0 saturated heterocycles. The number of amides is 1. The van der Waals surface area contributed by atoms with Crippen LogP contribution in [0.2, 0.25) is 10.0 Å². The Morgan fingerprint density at radius 3 is 2.86 bits per heavy atom. The van der Waals surface area contributed by atoms with Crippen LogP contribution in [0.4, 0.5) is 0 Å². The molecule has 1 aromatic heterocycles. The fraction of sp³-hybridized carbons (Fsp3) is 0.200. The van der Waals surface area contributed by atoms with Crippen LogP contribution in [0.5, 0.6) is 5.75 Å². The number of carbonyl (C=O) groups is 1. The molecule has 1 heterocycles. The van der Waals surface area contributed by atoms with Crippen LogP contribution in [0.3, 0.4) is 0 Å². The first kappa shape index (κ1) is 15.6. The molecule has 4 nitrogen and oxygen atoms in total. The summed E-state index contributed by atoms with van der Waals surface area (Å²) in [5.41, 5.74) is 0.926. The van der Waals surface area contributed by atoms with Crippen LogP contribution in [-0.2, 0) is 4.79 Å². The number of aromatic nitrogens is 1. The maximum absolute atomic E-state index is 11.9. The molecule has 1 unspecified atom stereocenters. The highest BCUT2D eigenvalue weighted by Gasteiger charge is 2.11. The van der Waals surface area contributed by atoms with E-state index in [1.165, 1.54) is 0 Å². The maximum atomic E-state index is 11.9. The van der Waals surface area contributed by atoms with E-state index >= 15 is 0 Å². The molecule has 2 rings (SSSR count). The molecule has 0 aliphatic heterocycles. The molecule has 2 aromatic rings. The summed E-state index contributed by atoms with van der Waals surface area (Å²) in [6.07, 6.45) is 3.39. The molecule has 0 radical (unpaired) electrons. The molecule has 0 bridgehead atoms. The van der Waals surface area contributed by atoms with Gasteiger partial charge in [-0.05, 0) is 36.8 Å². The largest absolute Gasteiger partial charge is 0.482 e. The number of nitrogens with zero attached hydrogens (tertiary/aromatic N) is 1. The Kier molecular flexibility index (Phi) is 5.42. The molecule has 6 heteroatoms. The summed E-state index contributed by atoms with van der Waals surface area (Å²) in [4.78, 5) is 15.9. The van der Waals surface area contributed by atoms with Gasteiger partial charge in [0.25, 0.3) is 5.91 Å². The fourth-order valence-electron chi connectivity index (χ4n) is 1.73. The van der Waals surface area contributed by atoms with Crippen molar-refractivity contribution in [1.82, 2.24) is 10.3 Å². The lowest BCUT2D eigenvalue weighted by molar-refractivity contribution is -0.123. The average molecular weight is 325 g/mol. The van der Waals surface area contributed by atoms with Gasteiger partial charge in [-0.25, -0.2) is 0 Å². The summed E-state index contributed by atoms with van der Waals surface area (Å²) < 4.78 is 5.37. The number of nitrogens with one attached hydrogen (secondary N) is 1. The number of hydrogen-bond donors (Lipinski definition) is 1. The monoisotopic (exact) mass is 324 g/mol. The van der Waals surface area contributed by atoms with E-state index in [1.807, 2.05) is 19.1 Å². The first-order valence-corrected chi connectivity index (χ1v) is 7.09. The highest BCUT2D eigenvalue weighted by Crippen LogP contribution is 2.27. The Morgan fingerprint density at radius 2 is 2.19 bits per heavy atom. The minimum Gasteiger partial charge on any atom is -0.482 e. The van der Waals surface area contributed by atoms with E-state index in [0.717, 1.165) is 5.56 Å². The lowest BCUT2D eigenvalue weighted by Crippen LogP contribution is -2.31. The molecule has 0 saturated carbocycles. The molecule has 1 aromatic carbocycles. The lowest BCUT2D eigenvalue weighted by Gasteiger charge is -2.14. The van der Waals surface area contributed by atoms with E-state index in [2.05, 4.69) is 10.3 Å². The van der Waals surface area contributed by atoms with Crippen molar-refractivity contribution in [3.8, 4) is 5.75 Å². The van der Waals surface area contributed by atoms with Crippen molar-refractivity contribution in [2.75, 3.05) is 6.61 Å². The summed E-state index contributed by atoms with van der Waals surface area (Å²) in [5.74, 6) is 0.183. The Bertz CT molecular complexity index is 620. The molecule has 1 atom stereocenters. The van der Waals surface area contributed by atoms with Gasteiger partial charge in [0.2, 0.25) is 0 Å². The second-order valence-corrected chi connectivity index (χ2v) is 5.28. The van der Waals surface area contributed by atoms with E-state index < -0.39 is 0 Å². The van der Waals surface area contributed by atoms with Crippen LogP contribution < -0.4 is 10.1 Å². The first-order chi connectivity index (χ1) is 10.1. The summed E-state index contributed by atoms with van der Waals surface area (Å²) in [6, 6.07) is 8.42. The van der Waals surface area contributed by atoms with Crippen LogP contribution in [0, 0.1) is 0 Å². The zero-order valence-corrected chi connectivity index (χ0v) is 12.9. The number of hydrogen-bond acceptors (Lipinski definition) is 3. The number of rotatable bonds is 5. The van der Waals surface area contributed by atoms with Crippen molar-refractivity contribution in [2.24, 2.45) is 0 Å². The summed E-state index contributed by atoms with van der Waals surface area (Å²) >= 11 is 11.8. The predicted octanol–water partition coefficient (Wildman–Crippen LogP) is 3.64. The smallest absolute Gasteiger partial charge is 0.258 e. The van der Waals surface area contributed by atoms with E-state index in [-0.39, 0.29) is 18.6 Å². The van der Waals surface area contributed by atoms with Gasteiger partial charge in [-0.3, -0.25) is 9.78 Å². The number of benzene rings is 1. The Balaban J connectivity index is 1.87. The third kappa shape index (κ3) is 4.62. The Hall–Kier alpha value is -1.78. The summed E-state index contributed by atoms with van der Waals surface area (Å²) in [7, 11) is 0. The van der Waals surface area contributed by atoms with Crippen LogP contribution in [-0.4, -0.2) is 17.5 Å². The van der Waals surface area contributed by atoms with Crippen molar-refractivity contribution in [1.29, 1.82) is 0 Å². The van der Waals surface area contributed by atoms with E-state index in [9.17, 15) is 4.79 Å². The molecule has 0 spiro atoms. The molecule has 0 fully saturated rings. The van der Waals surface area contributed by atoms with Gasteiger partial charge in [-0.2, -0.15) is 0 Å². The van der Waals surface area contributed by atoms with Gasteiger partial charge < -0.3 is 10.1 Å². The minimum absolute atomic E-state index is 0.119. The molecule has 0 aliphatic rings. The highest BCUT2D eigenvalue weighted by atomic mass is 35.5. The van der Waals surface area contributed by atoms with Crippen LogP contribution in [0.15, 0.2) is 42.7 Å². The predicted molar refractivity (Wildman–Crippen MR) is 82.8 cm³/mol. The van der Waals surface area contributed by atoms with Gasteiger partial charge in [0, 0.05) is 17.4 Å². The highest BCUT2D eigenvalue weighted by molar-refractivity contribution is 6.35. The van der Waals surface area contributed by atoms with E-state index in [0.29, 0.717) is 15.8 Å². The molecule has 0 aliphatic carbocycles.